The third-order valence-corrected chi connectivity index (χ3v) is 3.69. The van der Waals surface area contributed by atoms with Crippen LogP contribution >= 0.6 is 11.6 Å². The maximum absolute atomic E-state index is 13.5. The van der Waals surface area contributed by atoms with E-state index >= 15 is 0 Å². The summed E-state index contributed by atoms with van der Waals surface area (Å²) in [7, 11) is 1.62. The van der Waals surface area contributed by atoms with Crippen LogP contribution < -0.4 is 4.74 Å². The molecule has 1 heterocycles. The normalized spacial score (nSPS) is 11.0. The molecule has 0 atom stereocenters. The van der Waals surface area contributed by atoms with E-state index in [4.69, 9.17) is 16.3 Å². The summed E-state index contributed by atoms with van der Waals surface area (Å²) in [4.78, 5) is 4.52. The van der Waals surface area contributed by atoms with Gasteiger partial charge in [-0.1, -0.05) is 0 Å². The van der Waals surface area contributed by atoms with Crippen molar-refractivity contribution >= 4 is 22.6 Å². The first kappa shape index (κ1) is 13.9. The van der Waals surface area contributed by atoms with Crippen LogP contribution in [-0.4, -0.2) is 16.7 Å². The minimum Gasteiger partial charge on any atom is -0.497 e. The summed E-state index contributed by atoms with van der Waals surface area (Å²) in [5.74, 6) is 1.50. The lowest BCUT2D eigenvalue weighted by Crippen LogP contribution is -2.00. The van der Waals surface area contributed by atoms with Crippen molar-refractivity contribution in [2.75, 3.05) is 7.11 Å². The van der Waals surface area contributed by atoms with Gasteiger partial charge in [0.1, 0.15) is 17.4 Å². The summed E-state index contributed by atoms with van der Waals surface area (Å²) in [5.41, 5.74) is 3.13. The molecule has 0 amide bonds. The zero-order valence-corrected chi connectivity index (χ0v) is 12.5. The van der Waals surface area contributed by atoms with Gasteiger partial charge in [-0.25, -0.2) is 9.37 Å². The molecule has 0 bridgehead atoms. The Kier molecular flexibility index (Phi) is 3.55. The second-order valence-electron chi connectivity index (χ2n) is 4.79. The molecule has 2 aromatic carbocycles. The van der Waals surface area contributed by atoms with E-state index in [2.05, 4.69) is 4.98 Å². The first-order valence-corrected chi connectivity index (χ1v) is 7.05. The van der Waals surface area contributed by atoms with Crippen LogP contribution in [-0.2, 0) is 5.88 Å². The average molecular weight is 305 g/mol. The van der Waals surface area contributed by atoms with Crippen LogP contribution in [0.3, 0.4) is 0 Å². The van der Waals surface area contributed by atoms with Gasteiger partial charge in [-0.15, -0.1) is 11.6 Å². The predicted octanol–water partition coefficient (Wildman–Crippen LogP) is 4.22. The van der Waals surface area contributed by atoms with Crippen molar-refractivity contribution in [1.82, 2.24) is 9.55 Å². The Morgan fingerprint density at radius 3 is 2.71 bits per heavy atom. The zero-order valence-electron chi connectivity index (χ0n) is 11.7. The van der Waals surface area contributed by atoms with Gasteiger partial charge >= 0.3 is 0 Å². The van der Waals surface area contributed by atoms with Crippen LogP contribution in [0.4, 0.5) is 4.39 Å². The Bertz CT molecular complexity index is 813. The summed E-state index contributed by atoms with van der Waals surface area (Å²) >= 11 is 6.01. The number of hydrogen-bond donors (Lipinski definition) is 0. The Morgan fingerprint density at radius 2 is 2.05 bits per heavy atom. The number of halogens is 2. The Hall–Kier alpha value is -2.07. The topological polar surface area (TPSA) is 27.1 Å². The maximum Gasteiger partial charge on any atom is 0.129 e. The van der Waals surface area contributed by atoms with Gasteiger partial charge in [0.25, 0.3) is 0 Å². The number of aryl methyl sites for hydroxylation is 1. The van der Waals surface area contributed by atoms with E-state index in [-0.39, 0.29) is 11.7 Å². The summed E-state index contributed by atoms with van der Waals surface area (Å²) in [6.07, 6.45) is 0. The fourth-order valence-electron chi connectivity index (χ4n) is 2.38. The van der Waals surface area contributed by atoms with E-state index < -0.39 is 0 Å². The summed E-state index contributed by atoms with van der Waals surface area (Å²) in [6, 6.07) is 10.6. The smallest absolute Gasteiger partial charge is 0.129 e. The van der Waals surface area contributed by atoms with Crippen molar-refractivity contribution < 1.29 is 9.13 Å². The van der Waals surface area contributed by atoms with E-state index in [1.807, 2.05) is 22.8 Å². The molecule has 0 radical (unpaired) electrons. The molecular weight excluding hydrogens is 291 g/mol. The Balaban J connectivity index is 2.30. The molecule has 0 aliphatic heterocycles. The molecule has 0 N–H and O–H groups in total. The van der Waals surface area contributed by atoms with Crippen molar-refractivity contribution in [3.8, 4) is 11.4 Å². The van der Waals surface area contributed by atoms with Crippen molar-refractivity contribution in [2.45, 2.75) is 12.8 Å². The van der Waals surface area contributed by atoms with Crippen LogP contribution in [0.2, 0.25) is 0 Å². The molecule has 0 fully saturated rings. The van der Waals surface area contributed by atoms with E-state index in [9.17, 15) is 4.39 Å². The Labute approximate surface area is 126 Å². The van der Waals surface area contributed by atoms with Crippen LogP contribution in [0.5, 0.6) is 5.75 Å². The lowest BCUT2D eigenvalue weighted by Gasteiger charge is -2.10. The van der Waals surface area contributed by atoms with Crippen LogP contribution in [0.25, 0.3) is 16.7 Å². The van der Waals surface area contributed by atoms with Crippen molar-refractivity contribution in [3.05, 3.63) is 53.6 Å². The number of nitrogens with zero attached hydrogens (tertiary/aromatic N) is 2. The standard InChI is InChI=1S/C16H14ClFN2O/c1-10-7-11(3-5-13(10)18)20-15-8-12(21-2)4-6-14(15)19-16(20)9-17/h3-8H,9H2,1-2H3. The van der Waals surface area contributed by atoms with Crippen molar-refractivity contribution in [1.29, 1.82) is 0 Å². The highest BCUT2D eigenvalue weighted by Crippen LogP contribution is 2.27. The van der Waals surface area contributed by atoms with Gasteiger partial charge in [-0.05, 0) is 42.8 Å². The quantitative estimate of drug-likeness (QED) is 0.677. The van der Waals surface area contributed by atoms with Gasteiger partial charge in [0, 0.05) is 11.8 Å². The number of benzene rings is 2. The molecule has 108 valence electrons. The third kappa shape index (κ3) is 2.36. The highest BCUT2D eigenvalue weighted by Gasteiger charge is 2.13. The molecule has 1 aromatic heterocycles. The summed E-state index contributed by atoms with van der Waals surface area (Å²) in [6.45, 7) is 1.74. The van der Waals surface area contributed by atoms with E-state index in [0.29, 0.717) is 11.4 Å². The first-order chi connectivity index (χ1) is 10.1. The van der Waals surface area contributed by atoms with Gasteiger partial charge < -0.3 is 4.74 Å². The molecule has 0 saturated heterocycles. The number of ether oxygens (including phenoxy) is 1. The molecule has 5 heteroatoms. The second kappa shape index (κ2) is 5.37. The number of imidazole rings is 1. The third-order valence-electron chi connectivity index (χ3n) is 3.45. The molecule has 0 saturated carbocycles. The van der Waals surface area contributed by atoms with Crippen LogP contribution in [0.1, 0.15) is 11.4 Å². The van der Waals surface area contributed by atoms with Gasteiger partial charge in [0.2, 0.25) is 0 Å². The fraction of sp³-hybridized carbons (Fsp3) is 0.188. The number of fused-ring (bicyclic) bond motifs is 1. The number of aromatic nitrogens is 2. The number of rotatable bonds is 3. The van der Waals surface area contributed by atoms with Crippen molar-refractivity contribution in [2.24, 2.45) is 0 Å². The minimum absolute atomic E-state index is 0.229. The Morgan fingerprint density at radius 1 is 1.24 bits per heavy atom. The van der Waals surface area contributed by atoms with Gasteiger partial charge in [-0.3, -0.25) is 4.57 Å². The zero-order chi connectivity index (χ0) is 15.0. The highest BCUT2D eigenvalue weighted by molar-refractivity contribution is 6.17. The molecule has 3 aromatic rings. The molecule has 3 rings (SSSR count). The molecule has 0 aliphatic rings. The molecule has 0 spiro atoms. The lowest BCUT2D eigenvalue weighted by atomic mass is 10.2. The number of alkyl halides is 1. The van der Waals surface area contributed by atoms with E-state index in [0.717, 1.165) is 22.5 Å². The van der Waals surface area contributed by atoms with Crippen LogP contribution in [0.15, 0.2) is 36.4 Å². The second-order valence-corrected chi connectivity index (χ2v) is 5.05. The molecular formula is C16H14ClFN2O. The maximum atomic E-state index is 13.5. The lowest BCUT2D eigenvalue weighted by molar-refractivity contribution is 0.415. The van der Waals surface area contributed by atoms with Crippen molar-refractivity contribution in [3.63, 3.8) is 0 Å². The fourth-order valence-corrected chi connectivity index (χ4v) is 2.56. The summed E-state index contributed by atoms with van der Waals surface area (Å²) < 4.78 is 20.7. The molecule has 21 heavy (non-hydrogen) atoms. The molecule has 0 aliphatic carbocycles. The highest BCUT2D eigenvalue weighted by atomic mass is 35.5. The number of hydrogen-bond acceptors (Lipinski definition) is 2. The van der Waals surface area contributed by atoms with Crippen LogP contribution in [0, 0.1) is 12.7 Å². The number of methoxy groups -OCH3 is 1. The van der Waals surface area contributed by atoms with Gasteiger partial charge in [0.05, 0.1) is 24.0 Å². The SMILES string of the molecule is COc1ccc2nc(CCl)n(-c3ccc(F)c(C)c3)c2c1. The van der Waals surface area contributed by atoms with Gasteiger partial charge in [-0.2, -0.15) is 0 Å². The monoisotopic (exact) mass is 304 g/mol. The minimum atomic E-state index is -0.229. The largest absolute Gasteiger partial charge is 0.497 e. The molecule has 3 nitrogen and oxygen atoms in total. The van der Waals surface area contributed by atoms with E-state index in [1.54, 1.807) is 26.2 Å². The van der Waals surface area contributed by atoms with E-state index in [1.165, 1.54) is 6.07 Å². The summed E-state index contributed by atoms with van der Waals surface area (Å²) in [5, 5.41) is 0. The van der Waals surface area contributed by atoms with Gasteiger partial charge in [0.15, 0.2) is 0 Å². The predicted molar refractivity (Wildman–Crippen MR) is 81.9 cm³/mol. The molecule has 0 unspecified atom stereocenters. The average Bonchev–Trinajstić information content (AvgIpc) is 2.87. The first-order valence-electron chi connectivity index (χ1n) is 6.52.